The molecule has 2 atom stereocenters. The molecule has 2 aromatic heterocycles. The number of piperazine rings is 1. The van der Waals surface area contributed by atoms with Crippen LogP contribution in [0.15, 0.2) is 35.1 Å². The van der Waals surface area contributed by atoms with Gasteiger partial charge < -0.3 is 9.47 Å². The maximum absolute atomic E-state index is 13.7. The molecule has 172 valence electrons. The van der Waals surface area contributed by atoms with E-state index < -0.39 is 17.5 Å². The van der Waals surface area contributed by atoms with Crippen LogP contribution in [0.4, 0.5) is 18.9 Å². The van der Waals surface area contributed by atoms with Crippen LogP contribution >= 0.6 is 0 Å². The Labute approximate surface area is 189 Å². The summed E-state index contributed by atoms with van der Waals surface area (Å²) in [4.78, 5) is 21.4. The standard InChI is InChI=1S/C24H24F3N5O/c1-4-17-13-31(12-15-7-18(25)23(27)19(26)8-15)14(2)11-32(17)21-9-22(33)30(3)20-6-5-16(10-28)29-24(20)21/h5-9,14,17H,4,11-13H2,1-3H3/t14-,17+/m1/s1. The molecule has 33 heavy (non-hydrogen) atoms. The molecular weight excluding hydrogens is 431 g/mol. The Balaban J connectivity index is 1.69. The highest BCUT2D eigenvalue weighted by Gasteiger charge is 2.32. The highest BCUT2D eigenvalue weighted by Crippen LogP contribution is 2.30. The number of fused-ring (bicyclic) bond motifs is 1. The van der Waals surface area contributed by atoms with Gasteiger partial charge in [-0.2, -0.15) is 5.26 Å². The predicted molar refractivity (Wildman–Crippen MR) is 119 cm³/mol. The van der Waals surface area contributed by atoms with Crippen LogP contribution in [0.25, 0.3) is 11.0 Å². The molecule has 4 rings (SSSR count). The quantitative estimate of drug-likeness (QED) is 0.561. The van der Waals surface area contributed by atoms with Gasteiger partial charge in [0, 0.05) is 44.8 Å². The topological polar surface area (TPSA) is 65.2 Å². The Hall–Kier alpha value is -3.38. The molecule has 1 aliphatic rings. The summed E-state index contributed by atoms with van der Waals surface area (Å²) in [5, 5.41) is 9.32. The van der Waals surface area contributed by atoms with Crippen LogP contribution in [0.1, 0.15) is 31.5 Å². The van der Waals surface area contributed by atoms with Crippen LogP contribution in [-0.2, 0) is 13.6 Å². The zero-order valence-corrected chi connectivity index (χ0v) is 18.6. The van der Waals surface area contributed by atoms with Gasteiger partial charge >= 0.3 is 0 Å². The van der Waals surface area contributed by atoms with Gasteiger partial charge in [-0.25, -0.2) is 18.2 Å². The van der Waals surface area contributed by atoms with Crippen molar-refractivity contribution in [3.63, 3.8) is 0 Å². The van der Waals surface area contributed by atoms with Crippen LogP contribution < -0.4 is 10.5 Å². The maximum atomic E-state index is 13.7. The zero-order valence-electron chi connectivity index (χ0n) is 18.6. The molecule has 9 heteroatoms. The number of rotatable bonds is 4. The molecule has 6 nitrogen and oxygen atoms in total. The minimum absolute atomic E-state index is 0.000750. The Morgan fingerprint density at radius 3 is 2.48 bits per heavy atom. The van der Waals surface area contributed by atoms with Crippen molar-refractivity contribution in [1.29, 1.82) is 5.26 Å². The second-order valence-corrected chi connectivity index (χ2v) is 8.47. The Morgan fingerprint density at radius 1 is 1.15 bits per heavy atom. The molecule has 0 saturated carbocycles. The summed E-state index contributed by atoms with van der Waals surface area (Å²) in [7, 11) is 1.67. The number of pyridine rings is 2. The first-order chi connectivity index (χ1) is 15.7. The van der Waals surface area contributed by atoms with E-state index in [1.165, 1.54) is 4.57 Å². The second-order valence-electron chi connectivity index (χ2n) is 8.47. The first-order valence-corrected chi connectivity index (χ1v) is 10.8. The number of aromatic nitrogens is 2. The SMILES string of the molecule is CC[C@H]1CN(Cc2cc(F)c(F)c(F)c2)[C@H](C)CN1c1cc(=O)n(C)c2ccc(C#N)nc12. The lowest BCUT2D eigenvalue weighted by atomic mass is 10.0. The lowest BCUT2D eigenvalue weighted by molar-refractivity contribution is 0.151. The van der Waals surface area contributed by atoms with Crippen molar-refractivity contribution < 1.29 is 13.2 Å². The lowest BCUT2D eigenvalue weighted by Crippen LogP contribution is -2.57. The molecule has 3 aromatic rings. The van der Waals surface area contributed by atoms with E-state index in [0.717, 1.165) is 18.6 Å². The van der Waals surface area contributed by atoms with Crippen molar-refractivity contribution in [1.82, 2.24) is 14.5 Å². The molecule has 1 aliphatic heterocycles. The van der Waals surface area contributed by atoms with Crippen molar-refractivity contribution in [2.24, 2.45) is 7.05 Å². The zero-order chi connectivity index (χ0) is 23.9. The first kappa shape index (κ1) is 22.8. The number of aryl methyl sites for hydroxylation is 1. The number of benzene rings is 1. The van der Waals surface area contributed by atoms with Gasteiger partial charge in [0.05, 0.1) is 11.2 Å². The van der Waals surface area contributed by atoms with E-state index in [2.05, 4.69) is 20.9 Å². The smallest absolute Gasteiger partial charge is 0.252 e. The van der Waals surface area contributed by atoms with Crippen LogP contribution in [0.3, 0.4) is 0 Å². The molecule has 3 heterocycles. The van der Waals surface area contributed by atoms with E-state index in [-0.39, 0.29) is 29.9 Å². The monoisotopic (exact) mass is 455 g/mol. The Kier molecular flexibility index (Phi) is 6.13. The minimum atomic E-state index is -1.47. The summed E-state index contributed by atoms with van der Waals surface area (Å²) in [5.74, 6) is -3.87. The molecule has 1 saturated heterocycles. The van der Waals surface area contributed by atoms with E-state index >= 15 is 0 Å². The molecule has 1 aromatic carbocycles. The average Bonchev–Trinajstić information content (AvgIpc) is 2.80. The second kappa shape index (κ2) is 8.87. The molecule has 0 radical (unpaired) electrons. The molecule has 0 aliphatic carbocycles. The van der Waals surface area contributed by atoms with Gasteiger partial charge in [-0.1, -0.05) is 6.92 Å². The van der Waals surface area contributed by atoms with Crippen LogP contribution in [0, 0.1) is 28.8 Å². The third kappa shape index (κ3) is 4.18. The summed E-state index contributed by atoms with van der Waals surface area (Å²) >= 11 is 0. The summed E-state index contributed by atoms with van der Waals surface area (Å²) in [5.41, 5.74) is 2.34. The minimum Gasteiger partial charge on any atom is -0.364 e. The van der Waals surface area contributed by atoms with Gasteiger partial charge in [0.25, 0.3) is 5.56 Å². The lowest BCUT2D eigenvalue weighted by Gasteiger charge is -2.46. The van der Waals surface area contributed by atoms with Crippen molar-refractivity contribution in [3.05, 3.63) is 69.4 Å². The number of nitriles is 1. The molecule has 0 amide bonds. The Morgan fingerprint density at radius 2 is 1.85 bits per heavy atom. The van der Waals surface area contributed by atoms with E-state index in [1.54, 1.807) is 25.2 Å². The van der Waals surface area contributed by atoms with Gasteiger partial charge in [0.1, 0.15) is 17.3 Å². The summed E-state index contributed by atoms with van der Waals surface area (Å²) in [6, 6.07) is 8.94. The molecular formula is C24H24F3N5O. The average molecular weight is 455 g/mol. The van der Waals surface area contributed by atoms with Gasteiger partial charge in [-0.15, -0.1) is 0 Å². The molecule has 1 fully saturated rings. The highest BCUT2D eigenvalue weighted by molar-refractivity contribution is 5.89. The fourth-order valence-electron chi connectivity index (χ4n) is 4.49. The fourth-order valence-corrected chi connectivity index (χ4v) is 4.49. The molecule has 0 N–H and O–H groups in total. The van der Waals surface area contributed by atoms with Gasteiger partial charge in [0.2, 0.25) is 0 Å². The highest BCUT2D eigenvalue weighted by atomic mass is 19.2. The molecule has 0 unspecified atom stereocenters. The van der Waals surface area contributed by atoms with Gasteiger partial charge in [-0.05, 0) is 43.2 Å². The Bertz CT molecular complexity index is 1290. The number of anilines is 1. The van der Waals surface area contributed by atoms with Gasteiger partial charge in [0.15, 0.2) is 17.5 Å². The summed E-state index contributed by atoms with van der Waals surface area (Å²) in [6.45, 7) is 5.42. The summed E-state index contributed by atoms with van der Waals surface area (Å²) < 4.78 is 42.2. The van der Waals surface area contributed by atoms with Crippen molar-refractivity contribution in [2.45, 2.75) is 38.9 Å². The first-order valence-electron chi connectivity index (χ1n) is 10.8. The third-order valence-electron chi connectivity index (χ3n) is 6.36. The predicted octanol–water partition coefficient (Wildman–Crippen LogP) is 3.71. The van der Waals surface area contributed by atoms with Crippen LogP contribution in [-0.4, -0.2) is 39.6 Å². The fraction of sp³-hybridized carbons (Fsp3) is 0.375. The molecule has 0 bridgehead atoms. The number of hydrogen-bond donors (Lipinski definition) is 0. The maximum Gasteiger partial charge on any atom is 0.252 e. The van der Waals surface area contributed by atoms with E-state index in [9.17, 15) is 23.2 Å². The van der Waals surface area contributed by atoms with E-state index in [0.29, 0.717) is 35.4 Å². The van der Waals surface area contributed by atoms with Crippen molar-refractivity contribution >= 4 is 16.7 Å². The third-order valence-corrected chi connectivity index (χ3v) is 6.36. The van der Waals surface area contributed by atoms with Crippen molar-refractivity contribution in [2.75, 3.05) is 18.0 Å². The number of hydrogen-bond acceptors (Lipinski definition) is 5. The van der Waals surface area contributed by atoms with Crippen LogP contribution in [0.2, 0.25) is 0 Å². The largest absolute Gasteiger partial charge is 0.364 e. The molecule has 0 spiro atoms. The number of halogens is 3. The number of nitrogens with zero attached hydrogens (tertiary/aromatic N) is 5. The normalized spacial score (nSPS) is 19.1. The summed E-state index contributed by atoms with van der Waals surface area (Å²) in [6.07, 6.45) is 0.754. The van der Waals surface area contributed by atoms with E-state index in [4.69, 9.17) is 0 Å². The van der Waals surface area contributed by atoms with Crippen molar-refractivity contribution in [3.8, 4) is 6.07 Å². The van der Waals surface area contributed by atoms with Gasteiger partial charge in [-0.3, -0.25) is 9.69 Å². The van der Waals surface area contributed by atoms with Crippen LogP contribution in [0.5, 0.6) is 0 Å². The van der Waals surface area contributed by atoms with E-state index in [1.807, 2.05) is 13.8 Å².